The van der Waals surface area contributed by atoms with Crippen LogP contribution in [0.5, 0.6) is 0 Å². The van der Waals surface area contributed by atoms with Gasteiger partial charge >= 0.3 is 12.2 Å². The molecule has 0 aromatic rings. The molecule has 106 valence electrons. The molecular formula is C12H24N2O4. The van der Waals surface area contributed by atoms with E-state index in [1.54, 1.807) is 0 Å². The Morgan fingerprint density at radius 1 is 0.778 bits per heavy atom. The van der Waals surface area contributed by atoms with Gasteiger partial charge < -0.3 is 20.0 Å². The van der Waals surface area contributed by atoms with E-state index in [9.17, 15) is 9.59 Å². The van der Waals surface area contributed by atoms with Gasteiger partial charge in [0.1, 0.15) is 0 Å². The molecule has 0 aliphatic carbocycles. The molecule has 0 unspecified atom stereocenters. The van der Waals surface area contributed by atoms with Crippen LogP contribution in [0.25, 0.3) is 0 Å². The Kier molecular flexibility index (Phi) is 8.78. The number of hydrogen-bond acceptors (Lipinski definition) is 2. The number of unbranched alkanes of at least 4 members (excludes halogenated alkanes) is 3. The molecule has 0 saturated heterocycles. The Balaban J connectivity index is 3.56. The van der Waals surface area contributed by atoms with E-state index in [1.807, 2.05) is 13.8 Å². The van der Waals surface area contributed by atoms with Crippen molar-refractivity contribution in [2.45, 2.75) is 39.5 Å². The molecule has 0 aliphatic heterocycles. The molecule has 0 fully saturated rings. The van der Waals surface area contributed by atoms with Crippen LogP contribution in [-0.4, -0.2) is 58.4 Å². The first kappa shape index (κ1) is 16.5. The van der Waals surface area contributed by atoms with Gasteiger partial charge in [0.2, 0.25) is 0 Å². The molecule has 2 amide bonds. The SMILES string of the molecule is CCN(CCCCCCN(CC)C(=O)O)C(=O)O. The van der Waals surface area contributed by atoms with Crippen molar-refractivity contribution in [3.63, 3.8) is 0 Å². The zero-order valence-corrected chi connectivity index (χ0v) is 11.3. The van der Waals surface area contributed by atoms with Crippen LogP contribution in [0.4, 0.5) is 9.59 Å². The van der Waals surface area contributed by atoms with Crippen LogP contribution < -0.4 is 0 Å². The summed E-state index contributed by atoms with van der Waals surface area (Å²) in [4.78, 5) is 24.2. The second-order valence-electron chi connectivity index (χ2n) is 4.14. The van der Waals surface area contributed by atoms with Crippen LogP contribution in [0.2, 0.25) is 0 Å². The molecular weight excluding hydrogens is 236 g/mol. The maximum absolute atomic E-state index is 10.7. The maximum Gasteiger partial charge on any atom is 0.407 e. The molecule has 0 aliphatic rings. The van der Waals surface area contributed by atoms with Gasteiger partial charge in [-0.05, 0) is 26.7 Å². The monoisotopic (exact) mass is 260 g/mol. The fourth-order valence-electron chi connectivity index (χ4n) is 1.74. The van der Waals surface area contributed by atoms with Crippen molar-refractivity contribution in [2.75, 3.05) is 26.2 Å². The highest BCUT2D eigenvalue weighted by atomic mass is 16.4. The highest BCUT2D eigenvalue weighted by Gasteiger charge is 2.09. The summed E-state index contributed by atoms with van der Waals surface area (Å²) in [5.41, 5.74) is 0. The second kappa shape index (κ2) is 9.56. The topological polar surface area (TPSA) is 81.1 Å². The van der Waals surface area contributed by atoms with Crippen molar-refractivity contribution in [3.8, 4) is 0 Å². The normalized spacial score (nSPS) is 10.1. The molecule has 6 nitrogen and oxygen atoms in total. The van der Waals surface area contributed by atoms with Crippen molar-refractivity contribution in [1.82, 2.24) is 9.80 Å². The molecule has 0 spiro atoms. The van der Waals surface area contributed by atoms with Gasteiger partial charge in [-0.25, -0.2) is 9.59 Å². The first-order chi connectivity index (χ1) is 8.52. The molecule has 0 bridgehead atoms. The van der Waals surface area contributed by atoms with Gasteiger partial charge in [-0.2, -0.15) is 0 Å². The Morgan fingerprint density at radius 2 is 1.11 bits per heavy atom. The summed E-state index contributed by atoms with van der Waals surface area (Å²) in [7, 11) is 0. The van der Waals surface area contributed by atoms with E-state index >= 15 is 0 Å². The zero-order chi connectivity index (χ0) is 14.0. The van der Waals surface area contributed by atoms with Gasteiger partial charge in [0.05, 0.1) is 0 Å². The lowest BCUT2D eigenvalue weighted by molar-refractivity contribution is 0.144. The van der Waals surface area contributed by atoms with Crippen molar-refractivity contribution in [3.05, 3.63) is 0 Å². The van der Waals surface area contributed by atoms with Gasteiger partial charge in [-0.15, -0.1) is 0 Å². The van der Waals surface area contributed by atoms with E-state index in [-0.39, 0.29) is 0 Å². The molecule has 0 radical (unpaired) electrons. The molecule has 0 aromatic carbocycles. The third-order valence-electron chi connectivity index (χ3n) is 2.91. The highest BCUT2D eigenvalue weighted by Crippen LogP contribution is 2.04. The van der Waals surface area contributed by atoms with Crippen LogP contribution in [0.3, 0.4) is 0 Å². The fraction of sp³-hybridized carbons (Fsp3) is 0.833. The smallest absolute Gasteiger partial charge is 0.407 e. The van der Waals surface area contributed by atoms with Gasteiger partial charge in [-0.1, -0.05) is 12.8 Å². The van der Waals surface area contributed by atoms with Crippen molar-refractivity contribution >= 4 is 12.2 Å². The fourth-order valence-corrected chi connectivity index (χ4v) is 1.74. The molecule has 2 N–H and O–H groups in total. The van der Waals surface area contributed by atoms with E-state index in [0.29, 0.717) is 26.2 Å². The predicted molar refractivity (Wildman–Crippen MR) is 69.0 cm³/mol. The quantitative estimate of drug-likeness (QED) is 0.624. The molecule has 6 heteroatoms. The Morgan fingerprint density at radius 3 is 1.33 bits per heavy atom. The van der Waals surface area contributed by atoms with Crippen LogP contribution in [0.1, 0.15) is 39.5 Å². The molecule has 0 saturated carbocycles. The number of carbonyl (C=O) groups is 2. The molecule has 0 atom stereocenters. The summed E-state index contributed by atoms with van der Waals surface area (Å²) in [5.74, 6) is 0. The average molecular weight is 260 g/mol. The van der Waals surface area contributed by atoms with Crippen molar-refractivity contribution in [2.24, 2.45) is 0 Å². The molecule has 0 aromatic heterocycles. The maximum atomic E-state index is 10.7. The lowest BCUT2D eigenvalue weighted by Crippen LogP contribution is -2.30. The number of nitrogens with zero attached hydrogens (tertiary/aromatic N) is 2. The summed E-state index contributed by atoms with van der Waals surface area (Å²) in [6.07, 6.45) is 1.78. The molecule has 0 heterocycles. The van der Waals surface area contributed by atoms with Crippen LogP contribution >= 0.6 is 0 Å². The largest absolute Gasteiger partial charge is 0.465 e. The molecule has 0 rings (SSSR count). The minimum absolute atomic E-state index is 0.512. The van der Waals surface area contributed by atoms with Gasteiger partial charge in [-0.3, -0.25) is 0 Å². The van der Waals surface area contributed by atoms with Crippen LogP contribution in [0.15, 0.2) is 0 Å². The zero-order valence-electron chi connectivity index (χ0n) is 11.3. The van der Waals surface area contributed by atoms with Gasteiger partial charge in [0, 0.05) is 26.2 Å². The molecule has 18 heavy (non-hydrogen) atoms. The lowest BCUT2D eigenvalue weighted by atomic mass is 10.2. The van der Waals surface area contributed by atoms with Gasteiger partial charge in [0.15, 0.2) is 0 Å². The number of amides is 2. The van der Waals surface area contributed by atoms with Gasteiger partial charge in [0.25, 0.3) is 0 Å². The Labute approximate surface area is 108 Å². The van der Waals surface area contributed by atoms with E-state index in [4.69, 9.17) is 10.2 Å². The summed E-state index contributed by atoms with van der Waals surface area (Å²) in [6.45, 7) is 5.78. The van der Waals surface area contributed by atoms with E-state index in [2.05, 4.69) is 0 Å². The standard InChI is InChI=1S/C12H24N2O4/c1-3-13(11(15)16)9-7-5-6-8-10-14(4-2)12(17)18/h3-10H2,1-2H3,(H,15,16)(H,17,18). The van der Waals surface area contributed by atoms with E-state index in [1.165, 1.54) is 9.80 Å². The lowest BCUT2D eigenvalue weighted by Gasteiger charge is -2.17. The number of hydrogen-bond donors (Lipinski definition) is 2. The Hall–Kier alpha value is -1.46. The summed E-state index contributed by atoms with van der Waals surface area (Å²) in [6, 6.07) is 0. The third kappa shape index (κ3) is 6.98. The first-order valence-corrected chi connectivity index (χ1v) is 6.48. The van der Waals surface area contributed by atoms with E-state index in [0.717, 1.165) is 25.7 Å². The van der Waals surface area contributed by atoms with Crippen molar-refractivity contribution < 1.29 is 19.8 Å². The second-order valence-corrected chi connectivity index (χ2v) is 4.14. The summed E-state index contributed by atoms with van der Waals surface area (Å²) >= 11 is 0. The summed E-state index contributed by atoms with van der Waals surface area (Å²) < 4.78 is 0. The minimum Gasteiger partial charge on any atom is -0.465 e. The van der Waals surface area contributed by atoms with E-state index < -0.39 is 12.2 Å². The minimum atomic E-state index is -0.875. The van der Waals surface area contributed by atoms with Crippen LogP contribution in [0, 0.1) is 0 Å². The number of carboxylic acid groups (broad SMARTS) is 2. The predicted octanol–water partition coefficient (Wildman–Crippen LogP) is 2.55. The first-order valence-electron chi connectivity index (χ1n) is 6.48. The Bertz CT molecular complexity index is 232. The number of rotatable bonds is 9. The third-order valence-corrected chi connectivity index (χ3v) is 2.91. The summed E-state index contributed by atoms with van der Waals surface area (Å²) in [5, 5.41) is 17.6. The van der Waals surface area contributed by atoms with Crippen molar-refractivity contribution in [1.29, 1.82) is 0 Å². The average Bonchev–Trinajstić information content (AvgIpc) is 2.32. The van der Waals surface area contributed by atoms with Crippen LogP contribution in [-0.2, 0) is 0 Å². The highest BCUT2D eigenvalue weighted by molar-refractivity contribution is 5.65.